The maximum atomic E-state index is 13.4. The Balaban J connectivity index is 2.10. The molecule has 1 N–H and O–H groups in total. The van der Waals surface area contributed by atoms with Gasteiger partial charge in [0.25, 0.3) is 16.8 Å². The number of hydrogen-bond donors (Lipinski definition) is 1. The van der Waals surface area contributed by atoms with Crippen LogP contribution in [0.5, 0.6) is 5.75 Å². The standard InChI is InChI=1S/C22H17N5O6/c1-24-19-17(21(30)25(2)22(24)31)18(28)16(20(29)26(19)14-8-4-3-5-9-14)12-23-13-7-6-10-15(11-13)27(32)33/h3-12,28H,1-2H3. The van der Waals surface area contributed by atoms with Gasteiger partial charge >= 0.3 is 5.69 Å². The van der Waals surface area contributed by atoms with E-state index in [0.29, 0.717) is 5.69 Å². The zero-order chi connectivity index (χ0) is 23.9. The van der Waals surface area contributed by atoms with Crippen LogP contribution in [0.4, 0.5) is 11.4 Å². The van der Waals surface area contributed by atoms with Gasteiger partial charge in [-0.3, -0.25) is 38.4 Å². The largest absolute Gasteiger partial charge is 0.506 e. The molecule has 2 aromatic carbocycles. The number of hydrogen-bond acceptors (Lipinski definition) is 7. The normalized spacial score (nSPS) is 11.3. The Labute approximate surface area is 184 Å². The average Bonchev–Trinajstić information content (AvgIpc) is 2.81. The SMILES string of the molecule is Cn1c(=O)c2c(O)c(C=Nc3cccc([N+](=O)[O-])c3)c(=O)n(-c3ccccc3)c2n(C)c1=O. The highest BCUT2D eigenvalue weighted by atomic mass is 16.6. The summed E-state index contributed by atoms with van der Waals surface area (Å²) in [7, 11) is 2.65. The van der Waals surface area contributed by atoms with Gasteiger partial charge in [-0.15, -0.1) is 0 Å². The van der Waals surface area contributed by atoms with Crippen molar-refractivity contribution in [3.05, 3.63) is 101 Å². The number of para-hydroxylation sites is 1. The molecule has 0 fully saturated rings. The molecule has 0 saturated heterocycles. The first-order valence-electron chi connectivity index (χ1n) is 9.64. The second-order valence-electron chi connectivity index (χ2n) is 7.18. The molecule has 0 saturated carbocycles. The first-order chi connectivity index (χ1) is 15.7. The molecule has 33 heavy (non-hydrogen) atoms. The molecule has 0 amide bonds. The maximum Gasteiger partial charge on any atom is 0.332 e. The predicted octanol–water partition coefficient (Wildman–Crippen LogP) is 1.75. The van der Waals surface area contributed by atoms with Crippen molar-refractivity contribution in [3.63, 3.8) is 0 Å². The number of benzene rings is 2. The van der Waals surface area contributed by atoms with E-state index in [1.807, 2.05) is 0 Å². The van der Waals surface area contributed by atoms with Crippen LogP contribution in [0.2, 0.25) is 0 Å². The van der Waals surface area contributed by atoms with Gasteiger partial charge < -0.3 is 5.11 Å². The van der Waals surface area contributed by atoms with E-state index in [2.05, 4.69) is 4.99 Å². The van der Waals surface area contributed by atoms with E-state index in [4.69, 9.17) is 0 Å². The molecule has 0 radical (unpaired) electrons. The quantitative estimate of drug-likeness (QED) is 0.287. The number of aromatic nitrogens is 3. The van der Waals surface area contributed by atoms with Crippen molar-refractivity contribution in [2.45, 2.75) is 0 Å². The van der Waals surface area contributed by atoms with Gasteiger partial charge in [-0.25, -0.2) is 4.79 Å². The average molecular weight is 447 g/mol. The monoisotopic (exact) mass is 447 g/mol. The summed E-state index contributed by atoms with van der Waals surface area (Å²) in [4.78, 5) is 53.4. The van der Waals surface area contributed by atoms with Gasteiger partial charge in [0.1, 0.15) is 22.3 Å². The van der Waals surface area contributed by atoms with Crippen LogP contribution in [0.15, 0.2) is 74.0 Å². The van der Waals surface area contributed by atoms with Crippen LogP contribution in [0.25, 0.3) is 16.7 Å². The zero-order valence-corrected chi connectivity index (χ0v) is 17.5. The van der Waals surface area contributed by atoms with Crippen LogP contribution in [-0.2, 0) is 14.1 Å². The molecule has 0 bridgehead atoms. The Morgan fingerprint density at radius 3 is 2.33 bits per heavy atom. The van der Waals surface area contributed by atoms with Crippen LogP contribution in [0, 0.1) is 10.1 Å². The summed E-state index contributed by atoms with van der Waals surface area (Å²) >= 11 is 0. The van der Waals surface area contributed by atoms with Crippen molar-refractivity contribution in [1.82, 2.24) is 13.7 Å². The molecule has 2 heterocycles. The minimum Gasteiger partial charge on any atom is -0.506 e. The third-order valence-corrected chi connectivity index (χ3v) is 5.17. The van der Waals surface area contributed by atoms with E-state index in [-0.39, 0.29) is 28.0 Å². The lowest BCUT2D eigenvalue weighted by Crippen LogP contribution is -2.40. The molecule has 0 spiro atoms. The number of pyridine rings is 1. The fourth-order valence-electron chi connectivity index (χ4n) is 3.51. The van der Waals surface area contributed by atoms with Gasteiger partial charge in [0.2, 0.25) is 0 Å². The number of aromatic hydroxyl groups is 1. The zero-order valence-electron chi connectivity index (χ0n) is 17.5. The highest BCUT2D eigenvalue weighted by Gasteiger charge is 2.23. The molecular weight excluding hydrogens is 430 g/mol. The highest BCUT2D eigenvalue weighted by Crippen LogP contribution is 2.25. The van der Waals surface area contributed by atoms with Crippen molar-refractivity contribution in [1.29, 1.82) is 0 Å². The van der Waals surface area contributed by atoms with Crippen LogP contribution >= 0.6 is 0 Å². The van der Waals surface area contributed by atoms with E-state index in [0.717, 1.165) is 19.9 Å². The summed E-state index contributed by atoms with van der Waals surface area (Å²) in [5, 5.41) is 21.7. The topological polar surface area (TPSA) is 142 Å². The van der Waals surface area contributed by atoms with Crippen molar-refractivity contribution < 1.29 is 10.0 Å². The van der Waals surface area contributed by atoms with Crippen molar-refractivity contribution in [2.75, 3.05) is 0 Å². The van der Waals surface area contributed by atoms with Crippen molar-refractivity contribution in [2.24, 2.45) is 19.1 Å². The van der Waals surface area contributed by atoms with Crippen LogP contribution in [0.1, 0.15) is 5.56 Å². The Kier molecular flexibility index (Phi) is 5.22. The van der Waals surface area contributed by atoms with Gasteiger partial charge in [-0.2, -0.15) is 0 Å². The lowest BCUT2D eigenvalue weighted by atomic mass is 10.1. The van der Waals surface area contributed by atoms with Gasteiger partial charge in [0.15, 0.2) is 0 Å². The summed E-state index contributed by atoms with van der Waals surface area (Å²) < 4.78 is 3.07. The molecule has 0 unspecified atom stereocenters. The lowest BCUT2D eigenvalue weighted by molar-refractivity contribution is -0.384. The van der Waals surface area contributed by atoms with Crippen LogP contribution < -0.4 is 16.8 Å². The third-order valence-electron chi connectivity index (χ3n) is 5.17. The second kappa shape index (κ2) is 8.04. The first-order valence-corrected chi connectivity index (χ1v) is 9.64. The van der Waals surface area contributed by atoms with Crippen molar-refractivity contribution in [3.8, 4) is 11.4 Å². The number of nitro groups is 1. The maximum absolute atomic E-state index is 13.4. The number of rotatable bonds is 4. The molecule has 166 valence electrons. The number of aryl methyl sites for hydroxylation is 1. The van der Waals surface area contributed by atoms with E-state index in [1.165, 1.54) is 38.4 Å². The molecule has 11 heteroatoms. The summed E-state index contributed by atoms with van der Waals surface area (Å²) in [5.74, 6) is -0.646. The van der Waals surface area contributed by atoms with Gasteiger partial charge in [0.05, 0.1) is 16.3 Å². The molecular formula is C22H17N5O6. The van der Waals surface area contributed by atoms with Gasteiger partial charge in [-0.05, 0) is 18.2 Å². The Morgan fingerprint density at radius 2 is 1.67 bits per heavy atom. The first kappa shape index (κ1) is 21.4. The minimum atomic E-state index is -0.791. The summed E-state index contributed by atoms with van der Waals surface area (Å²) in [6.07, 6.45) is 1.04. The Hall–Kier alpha value is -4.80. The molecule has 2 aromatic heterocycles. The summed E-state index contributed by atoms with van der Waals surface area (Å²) in [5.41, 5.74) is -2.25. The fourth-order valence-corrected chi connectivity index (χ4v) is 3.51. The fraction of sp³-hybridized carbons (Fsp3) is 0.0909. The summed E-state index contributed by atoms with van der Waals surface area (Å²) in [6.45, 7) is 0. The van der Waals surface area contributed by atoms with E-state index < -0.39 is 27.5 Å². The number of non-ortho nitro benzene ring substituents is 1. The van der Waals surface area contributed by atoms with E-state index in [1.54, 1.807) is 30.3 Å². The molecule has 4 rings (SSSR count). The van der Waals surface area contributed by atoms with Gasteiger partial charge in [-0.1, -0.05) is 24.3 Å². The van der Waals surface area contributed by atoms with E-state index >= 15 is 0 Å². The molecule has 0 aliphatic carbocycles. The number of nitrogens with zero attached hydrogens (tertiary/aromatic N) is 5. The third kappa shape index (κ3) is 3.51. The Bertz CT molecular complexity index is 1630. The van der Waals surface area contributed by atoms with Crippen molar-refractivity contribution >= 4 is 28.6 Å². The molecule has 0 aliphatic rings. The summed E-state index contributed by atoms with van der Waals surface area (Å²) in [6, 6.07) is 13.7. The highest BCUT2D eigenvalue weighted by molar-refractivity contribution is 5.95. The molecule has 4 aromatic rings. The van der Waals surface area contributed by atoms with Crippen LogP contribution in [-0.4, -0.2) is 29.9 Å². The molecule has 0 aliphatic heterocycles. The predicted molar refractivity (Wildman–Crippen MR) is 122 cm³/mol. The van der Waals surface area contributed by atoms with Gasteiger partial charge in [0, 0.05) is 32.4 Å². The lowest BCUT2D eigenvalue weighted by Gasteiger charge is -2.16. The number of aliphatic imine (C=N–C) groups is 1. The number of fused-ring (bicyclic) bond motifs is 1. The Morgan fingerprint density at radius 1 is 0.970 bits per heavy atom. The number of nitro benzene ring substituents is 1. The van der Waals surface area contributed by atoms with Crippen LogP contribution in [0.3, 0.4) is 0 Å². The second-order valence-corrected chi connectivity index (χ2v) is 7.18. The molecule has 11 nitrogen and oxygen atoms in total. The molecule has 0 atom stereocenters. The smallest absolute Gasteiger partial charge is 0.332 e. The minimum absolute atomic E-state index is 0.0794. The van der Waals surface area contributed by atoms with E-state index in [9.17, 15) is 29.6 Å².